The monoisotopic (exact) mass is 396 g/mol. The first-order valence-corrected chi connectivity index (χ1v) is 9.35. The van der Waals surface area contributed by atoms with Crippen LogP contribution in [0.2, 0.25) is 0 Å². The fourth-order valence-electron chi connectivity index (χ4n) is 2.26. The number of hydrogen-bond acceptors (Lipinski definition) is 8. The van der Waals surface area contributed by atoms with E-state index in [0.717, 1.165) is 5.56 Å². The summed E-state index contributed by atoms with van der Waals surface area (Å²) in [6.07, 6.45) is -0.730. The van der Waals surface area contributed by atoms with E-state index in [1.807, 2.05) is 22.9 Å². The van der Waals surface area contributed by atoms with Gasteiger partial charge in [0.1, 0.15) is 0 Å². The van der Waals surface area contributed by atoms with Crippen LogP contribution in [0, 0.1) is 11.3 Å². The third kappa shape index (κ3) is 5.02. The summed E-state index contributed by atoms with van der Waals surface area (Å²) < 4.78 is 10.3. The summed E-state index contributed by atoms with van der Waals surface area (Å²) in [6.45, 7) is 1.48. The van der Waals surface area contributed by atoms with Gasteiger partial charge in [-0.05, 0) is 42.6 Å². The molecule has 0 fully saturated rings. The van der Waals surface area contributed by atoms with Crippen molar-refractivity contribution in [3.63, 3.8) is 0 Å². The van der Waals surface area contributed by atoms with Gasteiger partial charge in [-0.2, -0.15) is 21.6 Å². The first-order valence-electron chi connectivity index (χ1n) is 8.41. The van der Waals surface area contributed by atoms with Gasteiger partial charge in [0.15, 0.2) is 6.10 Å². The molecule has 28 heavy (non-hydrogen) atoms. The van der Waals surface area contributed by atoms with Crippen molar-refractivity contribution in [1.82, 2.24) is 10.1 Å². The molecule has 1 atom stereocenters. The van der Waals surface area contributed by atoms with E-state index in [1.165, 1.54) is 18.3 Å². The Balaban J connectivity index is 1.46. The molecule has 9 heteroatoms. The molecule has 0 saturated heterocycles. The number of thiophene rings is 1. The zero-order valence-corrected chi connectivity index (χ0v) is 15.7. The van der Waals surface area contributed by atoms with Crippen LogP contribution in [0.4, 0.5) is 5.69 Å². The number of nitrogens with zero attached hydrogens (tertiary/aromatic N) is 3. The van der Waals surface area contributed by atoms with E-state index in [0.29, 0.717) is 23.0 Å². The Hall–Kier alpha value is -3.51. The fraction of sp³-hybridized carbons (Fsp3) is 0.211. The van der Waals surface area contributed by atoms with E-state index >= 15 is 0 Å². The molecule has 2 aromatic heterocycles. The Bertz CT molecular complexity index is 990. The number of hydrogen-bond donors (Lipinski definition) is 1. The maximum absolute atomic E-state index is 12.1. The van der Waals surface area contributed by atoms with Gasteiger partial charge in [0.2, 0.25) is 11.7 Å². The number of aromatic nitrogens is 2. The van der Waals surface area contributed by atoms with Crippen LogP contribution in [-0.2, 0) is 20.7 Å². The Morgan fingerprint density at radius 3 is 2.79 bits per heavy atom. The summed E-state index contributed by atoms with van der Waals surface area (Å²) in [5.74, 6) is -0.207. The minimum Gasteiger partial charge on any atom is -0.453 e. The number of carbonyl (C=O) groups excluding carboxylic acids is 2. The molecule has 2 heterocycles. The average Bonchev–Trinajstić information content (AvgIpc) is 3.38. The van der Waals surface area contributed by atoms with E-state index in [4.69, 9.17) is 14.5 Å². The van der Waals surface area contributed by atoms with Crippen LogP contribution in [0.1, 0.15) is 24.8 Å². The zero-order valence-electron chi connectivity index (χ0n) is 14.9. The Morgan fingerprint density at radius 1 is 1.32 bits per heavy atom. The number of carbonyl (C=O) groups is 2. The van der Waals surface area contributed by atoms with Crippen LogP contribution in [0.3, 0.4) is 0 Å². The highest BCUT2D eigenvalue weighted by Crippen LogP contribution is 2.19. The van der Waals surface area contributed by atoms with Crippen LogP contribution < -0.4 is 5.32 Å². The lowest BCUT2D eigenvalue weighted by Crippen LogP contribution is -2.30. The van der Waals surface area contributed by atoms with Crippen molar-refractivity contribution in [3.05, 3.63) is 52.5 Å². The van der Waals surface area contributed by atoms with Gasteiger partial charge < -0.3 is 14.6 Å². The summed E-state index contributed by atoms with van der Waals surface area (Å²) in [7, 11) is 0. The van der Waals surface area contributed by atoms with Crippen molar-refractivity contribution in [2.24, 2.45) is 0 Å². The number of amides is 1. The summed E-state index contributed by atoms with van der Waals surface area (Å²) in [5, 5.41) is 19.1. The number of rotatable bonds is 7. The molecule has 0 aliphatic heterocycles. The van der Waals surface area contributed by atoms with Crippen molar-refractivity contribution in [2.45, 2.75) is 25.9 Å². The topological polar surface area (TPSA) is 118 Å². The molecule has 0 aliphatic carbocycles. The molecule has 0 saturated carbocycles. The molecule has 3 rings (SSSR count). The number of nitrogens with one attached hydrogen (secondary N) is 1. The lowest BCUT2D eigenvalue weighted by Gasteiger charge is -2.13. The molecule has 8 nitrogen and oxygen atoms in total. The second kappa shape index (κ2) is 8.92. The van der Waals surface area contributed by atoms with E-state index < -0.39 is 18.0 Å². The van der Waals surface area contributed by atoms with Crippen LogP contribution in [0.15, 0.2) is 45.6 Å². The van der Waals surface area contributed by atoms with E-state index in [-0.39, 0.29) is 12.8 Å². The first kappa shape index (κ1) is 19.3. The van der Waals surface area contributed by atoms with Crippen LogP contribution in [0.5, 0.6) is 0 Å². The van der Waals surface area contributed by atoms with E-state index in [2.05, 4.69) is 15.5 Å². The minimum atomic E-state index is -0.966. The van der Waals surface area contributed by atoms with E-state index in [9.17, 15) is 9.59 Å². The molecule has 0 spiro atoms. The number of esters is 1. The molecule has 1 aromatic carbocycles. The second-order valence-corrected chi connectivity index (χ2v) is 6.61. The normalized spacial score (nSPS) is 11.4. The molecule has 0 bridgehead atoms. The molecular formula is C19H16N4O4S. The Labute approximate surface area is 164 Å². The SMILES string of the molecule is C[C@H](OC(=O)CCc1nc(-c2ccsc2)no1)C(=O)Nc1ccc(C#N)cc1. The Morgan fingerprint density at radius 2 is 2.11 bits per heavy atom. The highest BCUT2D eigenvalue weighted by Gasteiger charge is 2.19. The van der Waals surface area contributed by atoms with Gasteiger partial charge in [0.05, 0.1) is 18.1 Å². The lowest BCUT2D eigenvalue weighted by atomic mass is 10.2. The number of aryl methyl sites for hydroxylation is 1. The molecule has 1 amide bonds. The number of anilines is 1. The van der Waals surface area contributed by atoms with Gasteiger partial charge >= 0.3 is 5.97 Å². The quantitative estimate of drug-likeness (QED) is 0.609. The maximum atomic E-state index is 12.1. The largest absolute Gasteiger partial charge is 0.453 e. The van der Waals surface area contributed by atoms with Gasteiger partial charge in [-0.15, -0.1) is 0 Å². The van der Waals surface area contributed by atoms with Gasteiger partial charge in [-0.25, -0.2) is 0 Å². The summed E-state index contributed by atoms with van der Waals surface area (Å²) in [5.41, 5.74) is 1.86. The minimum absolute atomic E-state index is 0.0136. The molecule has 142 valence electrons. The third-order valence-corrected chi connectivity index (χ3v) is 4.43. The zero-order chi connectivity index (χ0) is 19.9. The van der Waals surface area contributed by atoms with Crippen molar-refractivity contribution in [2.75, 3.05) is 5.32 Å². The van der Waals surface area contributed by atoms with Crippen molar-refractivity contribution in [1.29, 1.82) is 5.26 Å². The lowest BCUT2D eigenvalue weighted by molar-refractivity contribution is -0.153. The summed E-state index contributed by atoms with van der Waals surface area (Å²) >= 11 is 1.53. The highest BCUT2D eigenvalue weighted by molar-refractivity contribution is 7.08. The van der Waals surface area contributed by atoms with Crippen LogP contribution in [-0.4, -0.2) is 28.1 Å². The molecule has 0 radical (unpaired) electrons. The molecule has 1 N–H and O–H groups in total. The van der Waals surface area contributed by atoms with Crippen LogP contribution >= 0.6 is 11.3 Å². The van der Waals surface area contributed by atoms with Gasteiger partial charge in [0, 0.05) is 23.1 Å². The Kier molecular flexibility index (Phi) is 6.14. The second-order valence-electron chi connectivity index (χ2n) is 5.83. The maximum Gasteiger partial charge on any atom is 0.307 e. The average molecular weight is 396 g/mol. The third-order valence-electron chi connectivity index (χ3n) is 3.75. The summed E-state index contributed by atoms with van der Waals surface area (Å²) in [6, 6.07) is 10.2. The van der Waals surface area contributed by atoms with Crippen molar-refractivity contribution in [3.8, 4) is 17.5 Å². The van der Waals surface area contributed by atoms with Gasteiger partial charge in [0.25, 0.3) is 5.91 Å². The number of benzene rings is 1. The summed E-state index contributed by atoms with van der Waals surface area (Å²) in [4.78, 5) is 28.3. The number of nitriles is 1. The first-order chi connectivity index (χ1) is 13.5. The standard InChI is InChI=1S/C19H16N4O4S/c1-12(19(25)21-15-4-2-13(10-20)3-5-15)26-17(24)7-6-16-22-18(23-27-16)14-8-9-28-11-14/h2-5,8-9,11-12H,6-7H2,1H3,(H,21,25)/t12-/m0/s1. The molecule has 3 aromatic rings. The van der Waals surface area contributed by atoms with E-state index in [1.54, 1.807) is 24.3 Å². The predicted molar refractivity (Wildman–Crippen MR) is 101 cm³/mol. The highest BCUT2D eigenvalue weighted by atomic mass is 32.1. The smallest absolute Gasteiger partial charge is 0.307 e. The molecule has 0 unspecified atom stereocenters. The van der Waals surface area contributed by atoms with Crippen molar-refractivity contribution < 1.29 is 18.8 Å². The molecule has 0 aliphatic rings. The fourth-order valence-corrected chi connectivity index (χ4v) is 2.89. The van der Waals surface area contributed by atoms with Crippen LogP contribution in [0.25, 0.3) is 11.4 Å². The molecular weight excluding hydrogens is 380 g/mol. The van der Waals surface area contributed by atoms with Gasteiger partial charge in [-0.3, -0.25) is 9.59 Å². The van der Waals surface area contributed by atoms with Crippen molar-refractivity contribution >= 4 is 28.9 Å². The predicted octanol–water partition coefficient (Wildman–Crippen LogP) is 3.17. The number of ether oxygens (including phenoxy) is 1. The van der Waals surface area contributed by atoms with Gasteiger partial charge in [-0.1, -0.05) is 5.16 Å².